The Hall–Kier alpha value is -4.79. The van der Waals surface area contributed by atoms with Crippen molar-refractivity contribution in [1.82, 2.24) is 15.6 Å². The molecule has 0 radical (unpaired) electrons. The normalized spacial score (nSPS) is 11.4. The van der Waals surface area contributed by atoms with Crippen molar-refractivity contribution < 1.29 is 37.3 Å². The second-order valence-corrected chi connectivity index (χ2v) is 8.92. The second kappa shape index (κ2) is 15.3. The van der Waals surface area contributed by atoms with E-state index in [0.717, 1.165) is 0 Å². The number of aliphatic carboxylic acids is 1. The summed E-state index contributed by atoms with van der Waals surface area (Å²) in [6, 6.07) is 14.6. The van der Waals surface area contributed by atoms with Crippen molar-refractivity contribution >= 4 is 40.8 Å². The van der Waals surface area contributed by atoms with Gasteiger partial charge in [0.05, 0.1) is 12.7 Å². The fraction of sp³-hybridized carbons (Fsp3) is 0.269. The van der Waals surface area contributed by atoms with Crippen LogP contribution in [0.5, 0.6) is 11.5 Å². The van der Waals surface area contributed by atoms with Gasteiger partial charge in [0.1, 0.15) is 11.9 Å². The molecule has 1 aromatic heterocycles. The van der Waals surface area contributed by atoms with Gasteiger partial charge in [-0.15, -0.1) is 10.2 Å². The fourth-order valence-corrected chi connectivity index (χ4v) is 3.22. The molecule has 226 valence electrons. The number of halogens is 4. The number of amides is 1. The summed E-state index contributed by atoms with van der Waals surface area (Å²) in [7, 11) is 0. The number of nitrogen functional groups attached to an aromatic ring is 1. The number of nitrogens with zero attached hydrogens (tertiary/aromatic N) is 2. The molecule has 0 bridgehead atoms. The molecule has 1 amide bonds. The van der Waals surface area contributed by atoms with E-state index < -0.39 is 24.1 Å². The van der Waals surface area contributed by atoms with Crippen LogP contribution in [0.25, 0.3) is 0 Å². The smallest absolute Gasteiger partial charge is 0.490 e. The molecule has 0 saturated heterocycles. The molecule has 12 nitrogen and oxygen atoms in total. The van der Waals surface area contributed by atoms with Gasteiger partial charge in [-0.3, -0.25) is 21.1 Å². The average molecular weight is 612 g/mol. The van der Waals surface area contributed by atoms with Gasteiger partial charge >= 0.3 is 12.1 Å². The van der Waals surface area contributed by atoms with Crippen molar-refractivity contribution in [2.75, 3.05) is 17.3 Å². The van der Waals surface area contributed by atoms with Gasteiger partial charge in [0.25, 0.3) is 5.91 Å². The first kappa shape index (κ1) is 33.4. The zero-order chi connectivity index (χ0) is 31.4. The molecule has 1 heterocycles. The molecule has 0 fully saturated rings. The molecule has 1 atom stereocenters. The van der Waals surface area contributed by atoms with E-state index in [1.165, 1.54) is 0 Å². The first-order chi connectivity index (χ1) is 19.7. The summed E-state index contributed by atoms with van der Waals surface area (Å²) in [5, 5.41) is 25.8. The molecule has 42 heavy (non-hydrogen) atoms. The molecule has 0 aliphatic rings. The van der Waals surface area contributed by atoms with E-state index in [0.29, 0.717) is 40.7 Å². The maximum Gasteiger partial charge on any atom is 0.490 e. The Labute approximate surface area is 243 Å². The number of anilines is 2. The molecular weight excluding hydrogens is 583 g/mol. The highest BCUT2D eigenvalue weighted by Gasteiger charge is 2.38. The van der Waals surface area contributed by atoms with E-state index in [9.17, 15) is 18.0 Å². The number of carbonyl (C=O) groups is 2. The van der Waals surface area contributed by atoms with Crippen molar-refractivity contribution in [3.63, 3.8) is 0 Å². The third-order valence-corrected chi connectivity index (χ3v) is 5.12. The lowest BCUT2D eigenvalue weighted by Gasteiger charge is -2.22. The van der Waals surface area contributed by atoms with Gasteiger partial charge in [0.2, 0.25) is 0 Å². The molecule has 0 aliphatic heterocycles. The van der Waals surface area contributed by atoms with Crippen molar-refractivity contribution in [2.24, 2.45) is 5.73 Å². The highest BCUT2D eigenvalue weighted by atomic mass is 35.5. The highest BCUT2D eigenvalue weighted by Crippen LogP contribution is 2.33. The number of rotatable bonds is 11. The average Bonchev–Trinajstić information content (AvgIpc) is 2.92. The van der Waals surface area contributed by atoms with Crippen LogP contribution in [0.2, 0.25) is 5.15 Å². The summed E-state index contributed by atoms with van der Waals surface area (Å²) in [6.45, 7) is 6.17. The summed E-state index contributed by atoms with van der Waals surface area (Å²) in [4.78, 5) is 22.2. The van der Waals surface area contributed by atoms with Crippen LogP contribution in [-0.4, -0.2) is 51.9 Å². The molecule has 16 heteroatoms. The first-order valence-electron chi connectivity index (χ1n) is 12.2. The van der Waals surface area contributed by atoms with Gasteiger partial charge in [0, 0.05) is 11.3 Å². The maximum absolute atomic E-state index is 13.3. The number of nitrogens with one attached hydrogen (secondary N) is 4. The van der Waals surface area contributed by atoms with E-state index in [1.54, 1.807) is 54.6 Å². The molecule has 0 saturated carbocycles. The minimum Gasteiger partial charge on any atom is -0.490 e. The molecule has 2 aromatic carbocycles. The lowest BCUT2D eigenvalue weighted by Crippen LogP contribution is -2.37. The number of hydrogen-bond donors (Lipinski definition) is 6. The Morgan fingerprint density at radius 2 is 1.71 bits per heavy atom. The quantitative estimate of drug-likeness (QED) is 0.102. The standard InChI is InChI=1S/C24H28ClN7O3.C2HF3O2/c1-4-34-19-13-16(7-10-18(19)35-14(2)3)22(28-17-8-5-15(6-9-17)23(26)27)24(33)32-31-21-12-11-20(25)29-30-21;3-2(4,5)1(6)7/h5-14,22,28H,4H2,1-3H3,(H3,26,27)(H,30,31)(H,32,33);(H,6,7). The predicted molar refractivity (Wildman–Crippen MR) is 150 cm³/mol. The summed E-state index contributed by atoms with van der Waals surface area (Å²) in [5.41, 5.74) is 12.8. The number of alkyl halides is 3. The van der Waals surface area contributed by atoms with Crippen LogP contribution in [0.1, 0.15) is 37.9 Å². The Balaban J connectivity index is 0.000000782. The zero-order valence-corrected chi connectivity index (χ0v) is 23.4. The van der Waals surface area contributed by atoms with Crippen LogP contribution >= 0.6 is 11.6 Å². The third-order valence-electron chi connectivity index (χ3n) is 4.92. The van der Waals surface area contributed by atoms with Crippen LogP contribution in [0.15, 0.2) is 54.6 Å². The summed E-state index contributed by atoms with van der Waals surface area (Å²) < 4.78 is 43.4. The number of carboxylic acid groups (broad SMARTS) is 1. The molecule has 3 rings (SSSR count). The van der Waals surface area contributed by atoms with Gasteiger partial charge < -0.3 is 25.6 Å². The van der Waals surface area contributed by atoms with E-state index in [4.69, 9.17) is 42.1 Å². The van der Waals surface area contributed by atoms with Crippen LogP contribution in [-0.2, 0) is 9.59 Å². The van der Waals surface area contributed by atoms with Crippen LogP contribution in [0.4, 0.5) is 24.7 Å². The van der Waals surface area contributed by atoms with Crippen molar-refractivity contribution in [1.29, 1.82) is 5.41 Å². The number of carboxylic acids is 1. The summed E-state index contributed by atoms with van der Waals surface area (Å²) in [6.07, 6.45) is -5.12. The monoisotopic (exact) mass is 611 g/mol. The SMILES string of the molecule is CCOc1cc(C(Nc2ccc(C(=N)N)cc2)C(=O)NNc2ccc(Cl)nn2)ccc1OC(C)C.O=C(O)C(F)(F)F. The van der Waals surface area contributed by atoms with E-state index >= 15 is 0 Å². The van der Waals surface area contributed by atoms with E-state index in [1.807, 2.05) is 20.8 Å². The Morgan fingerprint density at radius 3 is 2.21 bits per heavy atom. The number of aromatic nitrogens is 2. The van der Waals surface area contributed by atoms with Crippen LogP contribution < -0.4 is 31.4 Å². The molecule has 3 aromatic rings. The van der Waals surface area contributed by atoms with Gasteiger partial charge in [0.15, 0.2) is 22.5 Å². The van der Waals surface area contributed by atoms with Gasteiger partial charge in [-0.05, 0) is 74.9 Å². The molecule has 7 N–H and O–H groups in total. The van der Waals surface area contributed by atoms with E-state index in [-0.39, 0.29) is 17.1 Å². The highest BCUT2D eigenvalue weighted by molar-refractivity contribution is 6.29. The number of hydrazine groups is 1. The van der Waals surface area contributed by atoms with Crippen molar-refractivity contribution in [3.05, 3.63) is 70.9 Å². The minimum absolute atomic E-state index is 0.0400. The zero-order valence-electron chi connectivity index (χ0n) is 22.6. The van der Waals surface area contributed by atoms with Gasteiger partial charge in [-0.25, -0.2) is 4.79 Å². The van der Waals surface area contributed by atoms with Gasteiger partial charge in [-0.1, -0.05) is 17.7 Å². The number of hydrogen-bond acceptors (Lipinski definition) is 9. The number of benzene rings is 2. The fourth-order valence-electron chi connectivity index (χ4n) is 3.12. The summed E-state index contributed by atoms with van der Waals surface area (Å²) in [5.74, 6) is -1.75. The third kappa shape index (κ3) is 10.6. The predicted octanol–water partition coefficient (Wildman–Crippen LogP) is 4.53. The Morgan fingerprint density at radius 1 is 1.07 bits per heavy atom. The maximum atomic E-state index is 13.3. The molecule has 0 aliphatic carbocycles. The van der Waals surface area contributed by atoms with E-state index in [2.05, 4.69) is 26.4 Å². The minimum atomic E-state index is -5.08. The van der Waals surface area contributed by atoms with Gasteiger partial charge in [-0.2, -0.15) is 13.2 Å². The Kier molecular flexibility index (Phi) is 12.2. The number of nitrogens with two attached hydrogens (primary N) is 1. The largest absolute Gasteiger partial charge is 0.490 e. The topological polar surface area (TPSA) is 185 Å². The lowest BCUT2D eigenvalue weighted by atomic mass is 10.0. The van der Waals surface area contributed by atoms with Crippen molar-refractivity contribution in [2.45, 2.75) is 39.1 Å². The number of carbonyl (C=O) groups excluding carboxylic acids is 1. The van der Waals surface area contributed by atoms with Crippen LogP contribution in [0, 0.1) is 5.41 Å². The van der Waals surface area contributed by atoms with Crippen molar-refractivity contribution in [3.8, 4) is 11.5 Å². The Bertz CT molecular complexity index is 1360. The lowest BCUT2D eigenvalue weighted by molar-refractivity contribution is -0.192. The van der Waals surface area contributed by atoms with Crippen LogP contribution in [0.3, 0.4) is 0 Å². The molecule has 1 unspecified atom stereocenters. The molecular formula is C26H29ClF3N7O5. The number of ether oxygens (including phenoxy) is 2. The first-order valence-corrected chi connectivity index (χ1v) is 12.6. The second-order valence-electron chi connectivity index (χ2n) is 8.53. The summed E-state index contributed by atoms with van der Waals surface area (Å²) >= 11 is 5.77. The number of amidine groups is 1. The molecule has 0 spiro atoms.